The molecular formula is C9H15F2NO. The van der Waals surface area contributed by atoms with E-state index >= 15 is 0 Å². The molecule has 0 radical (unpaired) electrons. The zero-order chi connectivity index (χ0) is 9.84. The Morgan fingerprint density at radius 3 is 2.46 bits per heavy atom. The average Bonchev–Trinajstić information content (AvgIpc) is 2.02. The molecule has 2 atom stereocenters. The van der Waals surface area contributed by atoms with Crippen LogP contribution in [0.3, 0.4) is 0 Å². The van der Waals surface area contributed by atoms with Crippen molar-refractivity contribution in [2.45, 2.75) is 26.1 Å². The molecule has 2 unspecified atom stereocenters. The summed E-state index contributed by atoms with van der Waals surface area (Å²) in [6.45, 7) is 4.06. The lowest BCUT2D eigenvalue weighted by Gasteiger charge is -2.34. The van der Waals surface area contributed by atoms with Crippen molar-refractivity contribution in [1.29, 1.82) is 0 Å². The quantitative estimate of drug-likeness (QED) is 0.660. The zero-order valence-electron chi connectivity index (χ0n) is 7.96. The van der Waals surface area contributed by atoms with Gasteiger partial charge in [0.05, 0.1) is 12.2 Å². The summed E-state index contributed by atoms with van der Waals surface area (Å²) in [5.41, 5.74) is 0. The fraction of sp³-hybridized carbons (Fsp3) is 0.778. The van der Waals surface area contributed by atoms with Crippen LogP contribution in [0.5, 0.6) is 0 Å². The van der Waals surface area contributed by atoms with E-state index in [1.165, 1.54) is 6.20 Å². The third-order valence-electron chi connectivity index (χ3n) is 1.90. The van der Waals surface area contributed by atoms with E-state index in [4.69, 9.17) is 4.74 Å². The van der Waals surface area contributed by atoms with E-state index in [1.807, 2.05) is 13.8 Å². The molecule has 0 saturated carbocycles. The zero-order valence-corrected chi connectivity index (χ0v) is 7.96. The molecule has 0 aliphatic carbocycles. The fourth-order valence-corrected chi connectivity index (χ4v) is 1.56. The van der Waals surface area contributed by atoms with Gasteiger partial charge in [-0.1, -0.05) is 0 Å². The van der Waals surface area contributed by atoms with Gasteiger partial charge in [0.1, 0.15) is 12.5 Å². The van der Waals surface area contributed by atoms with Gasteiger partial charge in [0.25, 0.3) is 0 Å². The molecule has 1 fully saturated rings. The number of allylic oxidation sites excluding steroid dienone is 1. The number of hydrogen-bond acceptors (Lipinski definition) is 2. The Morgan fingerprint density at radius 1 is 1.46 bits per heavy atom. The second kappa shape index (κ2) is 4.56. The topological polar surface area (TPSA) is 12.5 Å². The van der Waals surface area contributed by atoms with Crippen molar-refractivity contribution in [3.8, 4) is 0 Å². The second-order valence-corrected chi connectivity index (χ2v) is 3.42. The van der Waals surface area contributed by atoms with Crippen molar-refractivity contribution in [1.82, 2.24) is 4.90 Å². The summed E-state index contributed by atoms with van der Waals surface area (Å²) >= 11 is 0. The van der Waals surface area contributed by atoms with Crippen LogP contribution in [-0.4, -0.2) is 36.9 Å². The Kier molecular flexibility index (Phi) is 3.66. The van der Waals surface area contributed by atoms with Crippen LogP contribution in [0, 0.1) is 0 Å². The Hall–Kier alpha value is -0.640. The summed E-state index contributed by atoms with van der Waals surface area (Å²) in [5.74, 6) is -0.721. The summed E-state index contributed by atoms with van der Waals surface area (Å²) in [6.07, 6.45) is 1.38. The SMILES string of the molecule is CC1CN(/C=C(\F)CF)CC(C)O1. The lowest BCUT2D eigenvalue weighted by Crippen LogP contribution is -2.42. The number of ether oxygens (including phenoxy) is 1. The van der Waals surface area contributed by atoms with Crippen molar-refractivity contribution in [2.24, 2.45) is 0 Å². The van der Waals surface area contributed by atoms with Crippen LogP contribution < -0.4 is 0 Å². The summed E-state index contributed by atoms with van der Waals surface area (Å²) in [5, 5.41) is 0. The van der Waals surface area contributed by atoms with Gasteiger partial charge in [-0.25, -0.2) is 8.78 Å². The molecule has 1 heterocycles. The van der Waals surface area contributed by atoms with Crippen LogP contribution >= 0.6 is 0 Å². The van der Waals surface area contributed by atoms with Gasteiger partial charge in [-0.3, -0.25) is 0 Å². The van der Waals surface area contributed by atoms with E-state index in [9.17, 15) is 8.78 Å². The molecule has 0 spiro atoms. The van der Waals surface area contributed by atoms with Crippen LogP contribution in [0.25, 0.3) is 0 Å². The maximum atomic E-state index is 12.6. The van der Waals surface area contributed by atoms with Crippen molar-refractivity contribution in [3.63, 3.8) is 0 Å². The normalized spacial score (nSPS) is 30.8. The van der Waals surface area contributed by atoms with Crippen LogP contribution in [0.15, 0.2) is 12.0 Å². The highest BCUT2D eigenvalue weighted by Crippen LogP contribution is 2.12. The highest BCUT2D eigenvalue weighted by atomic mass is 19.2. The average molecular weight is 191 g/mol. The van der Waals surface area contributed by atoms with Crippen LogP contribution in [0.2, 0.25) is 0 Å². The molecule has 0 amide bonds. The molecule has 2 nitrogen and oxygen atoms in total. The number of nitrogens with zero attached hydrogens (tertiary/aromatic N) is 1. The van der Waals surface area contributed by atoms with E-state index < -0.39 is 12.5 Å². The van der Waals surface area contributed by atoms with Gasteiger partial charge >= 0.3 is 0 Å². The van der Waals surface area contributed by atoms with Crippen LogP contribution in [0.1, 0.15) is 13.8 Å². The molecule has 1 saturated heterocycles. The monoisotopic (exact) mass is 191 g/mol. The first-order valence-electron chi connectivity index (χ1n) is 4.43. The van der Waals surface area contributed by atoms with E-state index in [-0.39, 0.29) is 12.2 Å². The van der Waals surface area contributed by atoms with Gasteiger partial charge in [0, 0.05) is 19.3 Å². The predicted molar refractivity (Wildman–Crippen MR) is 46.7 cm³/mol. The first kappa shape index (κ1) is 10.4. The number of hydrogen-bond donors (Lipinski definition) is 0. The van der Waals surface area contributed by atoms with E-state index in [1.54, 1.807) is 4.90 Å². The molecule has 0 N–H and O–H groups in total. The van der Waals surface area contributed by atoms with Gasteiger partial charge in [-0.05, 0) is 13.8 Å². The van der Waals surface area contributed by atoms with Crippen molar-refractivity contribution >= 4 is 0 Å². The van der Waals surface area contributed by atoms with Crippen LogP contribution in [0.4, 0.5) is 8.78 Å². The first-order chi connectivity index (χ1) is 6.11. The van der Waals surface area contributed by atoms with Gasteiger partial charge in [-0.15, -0.1) is 0 Å². The smallest absolute Gasteiger partial charge is 0.147 e. The van der Waals surface area contributed by atoms with Crippen molar-refractivity contribution < 1.29 is 13.5 Å². The molecule has 13 heavy (non-hydrogen) atoms. The van der Waals surface area contributed by atoms with Gasteiger partial charge in [-0.2, -0.15) is 0 Å². The van der Waals surface area contributed by atoms with E-state index in [2.05, 4.69) is 0 Å². The third kappa shape index (κ3) is 3.30. The minimum atomic E-state index is -1.03. The third-order valence-corrected chi connectivity index (χ3v) is 1.90. The largest absolute Gasteiger partial charge is 0.372 e. The van der Waals surface area contributed by atoms with Crippen molar-refractivity contribution in [2.75, 3.05) is 19.8 Å². The molecule has 1 aliphatic rings. The number of halogens is 2. The van der Waals surface area contributed by atoms with Crippen molar-refractivity contribution in [3.05, 3.63) is 12.0 Å². The molecule has 1 aliphatic heterocycles. The summed E-state index contributed by atoms with van der Waals surface area (Å²) in [4.78, 5) is 1.76. The fourth-order valence-electron chi connectivity index (χ4n) is 1.56. The molecule has 1 rings (SSSR count). The lowest BCUT2D eigenvalue weighted by molar-refractivity contribution is -0.0546. The Balaban J connectivity index is 2.50. The molecule has 0 aromatic carbocycles. The molecule has 0 bridgehead atoms. The number of rotatable bonds is 2. The van der Waals surface area contributed by atoms with Crippen LogP contribution in [-0.2, 0) is 4.74 Å². The molecule has 0 aromatic heterocycles. The van der Waals surface area contributed by atoms with Gasteiger partial charge < -0.3 is 9.64 Å². The highest BCUT2D eigenvalue weighted by Gasteiger charge is 2.20. The van der Waals surface area contributed by atoms with Gasteiger partial charge in [0.2, 0.25) is 0 Å². The number of morpholine rings is 1. The summed E-state index contributed by atoms with van der Waals surface area (Å²) in [7, 11) is 0. The Labute approximate surface area is 77.2 Å². The number of alkyl halides is 1. The van der Waals surface area contributed by atoms with Gasteiger partial charge in [0.15, 0.2) is 0 Å². The Bertz CT molecular complexity index is 186. The minimum absolute atomic E-state index is 0.0763. The maximum absolute atomic E-state index is 12.6. The standard InChI is InChI=1S/C9H15F2NO/c1-7-4-12(5-8(2)13-7)6-9(11)3-10/h6-8H,3-5H2,1-2H3/b9-6-. The molecule has 4 heteroatoms. The molecule has 0 aromatic rings. The lowest BCUT2D eigenvalue weighted by atomic mass is 10.2. The highest BCUT2D eigenvalue weighted by molar-refractivity contribution is 4.93. The summed E-state index contributed by atoms with van der Waals surface area (Å²) < 4.78 is 29.9. The van der Waals surface area contributed by atoms with E-state index in [0.717, 1.165) is 0 Å². The second-order valence-electron chi connectivity index (χ2n) is 3.42. The molecule has 76 valence electrons. The first-order valence-corrected chi connectivity index (χ1v) is 4.43. The molecular weight excluding hydrogens is 176 g/mol. The van der Waals surface area contributed by atoms with E-state index in [0.29, 0.717) is 13.1 Å². The maximum Gasteiger partial charge on any atom is 0.147 e. The predicted octanol–water partition coefficient (Wildman–Crippen LogP) is 1.88. The summed E-state index contributed by atoms with van der Waals surface area (Å²) in [6, 6.07) is 0. The Morgan fingerprint density at radius 2 is 2.00 bits per heavy atom. The minimum Gasteiger partial charge on any atom is -0.372 e.